The summed E-state index contributed by atoms with van der Waals surface area (Å²) in [5.41, 5.74) is 0. The Kier molecular flexibility index (Phi) is 27.4. The van der Waals surface area contributed by atoms with Gasteiger partial charge in [0.05, 0.1) is 12.7 Å². The minimum atomic E-state index is -4.77. The predicted molar refractivity (Wildman–Crippen MR) is 171 cm³/mol. The van der Waals surface area contributed by atoms with Gasteiger partial charge >= 0.3 is 19.8 Å². The Morgan fingerprint density at radius 1 is 0.721 bits per heavy atom. The normalized spacial score (nSPS) is 13.9. The van der Waals surface area contributed by atoms with Crippen molar-refractivity contribution >= 4 is 19.8 Å². The number of ether oxygens (including phenoxy) is 2. The van der Waals surface area contributed by atoms with Gasteiger partial charge in [-0.1, -0.05) is 114 Å². The van der Waals surface area contributed by atoms with Gasteiger partial charge in [0.15, 0.2) is 6.10 Å². The zero-order valence-electron chi connectivity index (χ0n) is 26.4. The van der Waals surface area contributed by atoms with Crippen molar-refractivity contribution < 1.29 is 43.0 Å². The molecule has 0 saturated heterocycles. The first-order valence-electron chi connectivity index (χ1n) is 16.0. The molecule has 3 N–H and O–H groups in total. The van der Waals surface area contributed by atoms with Crippen molar-refractivity contribution in [2.24, 2.45) is 0 Å². The van der Waals surface area contributed by atoms with Gasteiger partial charge in [-0.05, 0) is 44.9 Å². The molecule has 9 nitrogen and oxygen atoms in total. The number of hydrogen-bond donors (Lipinski definition) is 3. The van der Waals surface area contributed by atoms with Crippen LogP contribution in [0.1, 0.15) is 123 Å². The van der Waals surface area contributed by atoms with Crippen molar-refractivity contribution in [2.45, 2.75) is 135 Å². The second-order valence-corrected chi connectivity index (χ2v) is 11.9. The molecule has 0 rings (SSSR count). The molecule has 0 unspecified atom stereocenters. The summed E-state index contributed by atoms with van der Waals surface area (Å²) in [5, 5.41) is 9.98. The lowest BCUT2D eigenvalue weighted by molar-refractivity contribution is -0.161. The van der Waals surface area contributed by atoms with Gasteiger partial charge in [0.1, 0.15) is 6.61 Å². The van der Waals surface area contributed by atoms with E-state index in [0.717, 1.165) is 25.7 Å². The van der Waals surface area contributed by atoms with Crippen LogP contribution in [-0.2, 0) is 28.2 Å². The third-order valence-electron chi connectivity index (χ3n) is 6.43. The predicted octanol–water partition coefficient (Wildman–Crippen LogP) is 7.81. The minimum Gasteiger partial charge on any atom is -0.462 e. The van der Waals surface area contributed by atoms with E-state index in [-0.39, 0.29) is 19.4 Å². The number of rotatable bonds is 28. The highest BCUT2D eigenvalue weighted by Gasteiger charge is 2.22. The largest absolute Gasteiger partial charge is 0.469 e. The van der Waals surface area contributed by atoms with E-state index < -0.39 is 38.6 Å². The molecule has 10 heteroatoms. The fourth-order valence-electron chi connectivity index (χ4n) is 3.97. The molecule has 0 aliphatic rings. The van der Waals surface area contributed by atoms with E-state index in [1.54, 1.807) is 6.08 Å². The first-order chi connectivity index (χ1) is 20.7. The lowest BCUT2D eigenvalue weighted by atomic mass is 10.1. The van der Waals surface area contributed by atoms with E-state index in [1.807, 2.05) is 36.5 Å². The number of hydrogen-bond acceptors (Lipinski definition) is 7. The summed E-state index contributed by atoms with van der Waals surface area (Å²) in [6.07, 6.45) is 28.9. The fourth-order valence-corrected chi connectivity index (χ4v) is 4.33. The van der Waals surface area contributed by atoms with Crippen LogP contribution in [-0.4, -0.2) is 52.3 Å². The van der Waals surface area contributed by atoms with Crippen LogP contribution in [0, 0.1) is 0 Å². The molecule has 43 heavy (non-hydrogen) atoms. The molecule has 0 aromatic rings. The molecular weight excluding hydrogens is 571 g/mol. The Morgan fingerprint density at radius 3 is 2.07 bits per heavy atom. The third-order valence-corrected chi connectivity index (χ3v) is 6.92. The van der Waals surface area contributed by atoms with Crippen molar-refractivity contribution in [1.82, 2.24) is 0 Å². The number of phosphoric ester groups is 1. The lowest BCUT2D eigenvalue weighted by Crippen LogP contribution is -2.29. The van der Waals surface area contributed by atoms with Crippen molar-refractivity contribution in [2.75, 3.05) is 13.2 Å². The zero-order chi connectivity index (χ0) is 32.0. The minimum absolute atomic E-state index is 0.101. The van der Waals surface area contributed by atoms with Crippen LogP contribution in [0.2, 0.25) is 0 Å². The molecule has 0 aromatic carbocycles. The monoisotopic (exact) mass is 628 g/mol. The van der Waals surface area contributed by atoms with Crippen molar-refractivity contribution in [3.63, 3.8) is 0 Å². The number of unbranched alkanes of at least 4 members (excludes halogenated alkanes) is 10. The number of phosphoric acid groups is 1. The number of aliphatic hydroxyl groups excluding tert-OH is 1. The zero-order valence-corrected chi connectivity index (χ0v) is 27.3. The fraction of sp³-hybridized carbons (Fsp3) is 0.697. The van der Waals surface area contributed by atoms with Crippen LogP contribution >= 0.6 is 7.82 Å². The summed E-state index contributed by atoms with van der Waals surface area (Å²) in [4.78, 5) is 42.3. The number of aliphatic hydroxyl groups is 1. The SMILES string of the molecule is CCCCC/C=C\C=C/[C@H](O)C/C=C\C/C=C/CCCC(=O)O[C@H](COC(=O)CCCCCCCCC)COP(=O)(O)O. The van der Waals surface area contributed by atoms with Gasteiger partial charge in [-0.25, -0.2) is 4.57 Å². The molecule has 0 fully saturated rings. The van der Waals surface area contributed by atoms with Gasteiger partial charge in [0.2, 0.25) is 0 Å². The average molecular weight is 629 g/mol. The van der Waals surface area contributed by atoms with Crippen molar-refractivity contribution in [1.29, 1.82) is 0 Å². The van der Waals surface area contributed by atoms with Gasteiger partial charge in [-0.2, -0.15) is 0 Å². The molecule has 0 heterocycles. The van der Waals surface area contributed by atoms with Crippen molar-refractivity contribution in [3.05, 3.63) is 48.6 Å². The lowest BCUT2D eigenvalue weighted by Gasteiger charge is -2.18. The van der Waals surface area contributed by atoms with Crippen LogP contribution in [0.5, 0.6) is 0 Å². The Hall–Kier alpha value is -2.03. The number of esters is 2. The molecule has 248 valence electrons. The van der Waals surface area contributed by atoms with E-state index in [4.69, 9.17) is 19.3 Å². The summed E-state index contributed by atoms with van der Waals surface area (Å²) >= 11 is 0. The maximum Gasteiger partial charge on any atom is 0.469 e. The van der Waals surface area contributed by atoms with Crippen LogP contribution in [0.3, 0.4) is 0 Å². The molecule has 0 bridgehead atoms. The second kappa shape index (κ2) is 28.7. The van der Waals surface area contributed by atoms with Crippen LogP contribution < -0.4 is 0 Å². The molecule has 0 spiro atoms. The maximum atomic E-state index is 12.3. The molecule has 2 atom stereocenters. The standard InChI is InChI=1S/C33H57O9P/c1-3-5-7-9-12-16-20-24-30(34)25-21-17-14-11-15-19-23-27-33(36)42-31(29-41-43(37,38)39)28-40-32(35)26-22-18-13-10-8-6-4-2/h11-12,15-17,20-21,24,30-31,34H,3-10,13-14,18-19,22-23,25-29H2,1-2H3,(H2,37,38,39)/b15-11+,16-12-,21-17-,24-20-/t30-,31+/m0/s1. The highest BCUT2D eigenvalue weighted by Crippen LogP contribution is 2.35. The Bertz CT molecular complexity index is 860. The van der Waals surface area contributed by atoms with Gasteiger partial charge in [0.25, 0.3) is 0 Å². The first-order valence-corrected chi connectivity index (χ1v) is 17.6. The van der Waals surface area contributed by atoms with Gasteiger partial charge in [-0.15, -0.1) is 0 Å². The Morgan fingerprint density at radius 2 is 1.35 bits per heavy atom. The maximum absolute atomic E-state index is 12.3. The smallest absolute Gasteiger partial charge is 0.462 e. The number of carbonyl (C=O) groups excluding carboxylic acids is 2. The summed E-state index contributed by atoms with van der Waals surface area (Å²) in [6.45, 7) is 3.44. The number of carbonyl (C=O) groups is 2. The van der Waals surface area contributed by atoms with Crippen LogP contribution in [0.25, 0.3) is 0 Å². The summed E-state index contributed by atoms with van der Waals surface area (Å²) in [7, 11) is -4.77. The van der Waals surface area contributed by atoms with Gasteiger partial charge < -0.3 is 24.4 Å². The molecule has 0 radical (unpaired) electrons. The topological polar surface area (TPSA) is 140 Å². The molecule has 0 aliphatic heterocycles. The van der Waals surface area contributed by atoms with E-state index in [0.29, 0.717) is 32.1 Å². The van der Waals surface area contributed by atoms with Gasteiger partial charge in [0, 0.05) is 12.8 Å². The van der Waals surface area contributed by atoms with E-state index in [2.05, 4.69) is 24.4 Å². The quantitative estimate of drug-likeness (QED) is 0.0260. The molecular formula is C33H57O9P. The molecule has 0 aliphatic carbocycles. The van der Waals surface area contributed by atoms with Crippen LogP contribution in [0.4, 0.5) is 0 Å². The molecule has 0 amide bonds. The third kappa shape index (κ3) is 31.2. The summed E-state index contributed by atoms with van der Waals surface area (Å²) in [6, 6.07) is 0. The van der Waals surface area contributed by atoms with E-state index in [1.165, 1.54) is 38.5 Å². The molecule has 0 saturated carbocycles. The Balaban J connectivity index is 4.22. The van der Waals surface area contributed by atoms with Crippen molar-refractivity contribution in [3.8, 4) is 0 Å². The first kappa shape index (κ1) is 41.0. The van der Waals surface area contributed by atoms with Crippen LogP contribution in [0.15, 0.2) is 48.6 Å². The summed E-state index contributed by atoms with van der Waals surface area (Å²) < 4.78 is 26.0. The highest BCUT2D eigenvalue weighted by atomic mass is 31.2. The van der Waals surface area contributed by atoms with E-state index >= 15 is 0 Å². The van der Waals surface area contributed by atoms with E-state index in [9.17, 15) is 19.3 Å². The second-order valence-electron chi connectivity index (χ2n) is 10.6. The summed E-state index contributed by atoms with van der Waals surface area (Å²) in [5.74, 6) is -1.00. The average Bonchev–Trinajstić information content (AvgIpc) is 2.96. The van der Waals surface area contributed by atoms with Gasteiger partial charge in [-0.3, -0.25) is 14.1 Å². The number of allylic oxidation sites excluding steroid dienone is 6. The molecule has 0 aromatic heterocycles. The highest BCUT2D eigenvalue weighted by molar-refractivity contribution is 7.46. The Labute approximate surface area is 259 Å².